The van der Waals surface area contributed by atoms with Gasteiger partial charge in [-0.2, -0.15) is 0 Å². The Bertz CT molecular complexity index is 544. The Morgan fingerprint density at radius 3 is 2.67 bits per heavy atom. The van der Waals surface area contributed by atoms with Gasteiger partial charge in [0.2, 0.25) is 0 Å². The zero-order chi connectivity index (χ0) is 18.0. The Hall–Kier alpha value is -1.06. The first-order chi connectivity index (χ1) is 12.9. The van der Waals surface area contributed by atoms with Gasteiger partial charge in [0.25, 0.3) is 0 Å². The van der Waals surface area contributed by atoms with Crippen LogP contribution in [0.5, 0.6) is 0 Å². The first-order valence-electron chi connectivity index (χ1n) is 9.82. The van der Waals surface area contributed by atoms with Crippen LogP contribution in [0.2, 0.25) is 0 Å². The van der Waals surface area contributed by atoms with Crippen molar-refractivity contribution in [3.8, 4) is 0 Å². The molecule has 0 aromatic heterocycles. The average molecular weight is 488 g/mol. The molecule has 7 heteroatoms. The van der Waals surface area contributed by atoms with Gasteiger partial charge in [0.05, 0.1) is 12.7 Å². The van der Waals surface area contributed by atoms with Gasteiger partial charge in [-0.25, -0.2) is 0 Å². The molecule has 152 valence electrons. The minimum Gasteiger partial charge on any atom is -0.379 e. The standard InChI is InChI=1S/C20H32N4O2.HI/c1-21-20(22-10-6-15-25-17-19-9-5-16-26-19)24-13-11-23(12-14-24)18-7-3-2-4-8-18;/h2-4,7-8,19H,5-6,9-17H2,1H3,(H,21,22);1H. The van der Waals surface area contributed by atoms with Crippen LogP contribution >= 0.6 is 24.0 Å². The van der Waals surface area contributed by atoms with Crippen molar-refractivity contribution in [2.24, 2.45) is 4.99 Å². The van der Waals surface area contributed by atoms with Gasteiger partial charge >= 0.3 is 0 Å². The van der Waals surface area contributed by atoms with Crippen molar-refractivity contribution in [3.63, 3.8) is 0 Å². The topological polar surface area (TPSA) is 49.3 Å². The fraction of sp³-hybridized carbons (Fsp3) is 0.650. The fourth-order valence-electron chi connectivity index (χ4n) is 3.51. The third kappa shape index (κ3) is 7.12. The maximum atomic E-state index is 5.72. The summed E-state index contributed by atoms with van der Waals surface area (Å²) in [6.07, 6.45) is 3.61. The molecule has 2 fully saturated rings. The zero-order valence-corrected chi connectivity index (χ0v) is 18.6. The molecular formula is C20H33IN4O2. The fourth-order valence-corrected chi connectivity index (χ4v) is 3.51. The number of nitrogens with one attached hydrogen (secondary N) is 1. The van der Waals surface area contributed by atoms with Crippen LogP contribution in [0.15, 0.2) is 35.3 Å². The Labute approximate surface area is 180 Å². The number of guanidine groups is 1. The molecule has 27 heavy (non-hydrogen) atoms. The van der Waals surface area contributed by atoms with E-state index in [1.165, 1.54) is 12.1 Å². The summed E-state index contributed by atoms with van der Waals surface area (Å²) < 4.78 is 11.3. The number of benzene rings is 1. The molecule has 1 aromatic carbocycles. The van der Waals surface area contributed by atoms with Crippen LogP contribution in [-0.4, -0.2) is 76.6 Å². The number of halogens is 1. The number of para-hydroxylation sites is 1. The molecule has 0 aliphatic carbocycles. The van der Waals surface area contributed by atoms with Gasteiger partial charge in [-0.05, 0) is 31.4 Å². The van der Waals surface area contributed by atoms with Crippen molar-refractivity contribution in [3.05, 3.63) is 30.3 Å². The molecule has 3 rings (SSSR count). The van der Waals surface area contributed by atoms with Crippen LogP contribution < -0.4 is 10.2 Å². The van der Waals surface area contributed by atoms with E-state index in [0.717, 1.165) is 71.3 Å². The molecule has 2 aliphatic heterocycles. The highest BCUT2D eigenvalue weighted by Crippen LogP contribution is 2.15. The number of ether oxygens (including phenoxy) is 2. The van der Waals surface area contributed by atoms with Crippen LogP contribution in [0.1, 0.15) is 19.3 Å². The number of aliphatic imine (C=N–C) groups is 1. The Morgan fingerprint density at radius 2 is 2.00 bits per heavy atom. The van der Waals surface area contributed by atoms with Gasteiger partial charge in [-0.3, -0.25) is 4.99 Å². The lowest BCUT2D eigenvalue weighted by Gasteiger charge is -2.37. The molecule has 1 aromatic rings. The van der Waals surface area contributed by atoms with E-state index in [0.29, 0.717) is 6.10 Å². The molecule has 2 heterocycles. The molecule has 2 aliphatic rings. The Kier molecular flexibility index (Phi) is 10.2. The molecule has 2 saturated heterocycles. The average Bonchev–Trinajstić information content (AvgIpc) is 3.22. The maximum absolute atomic E-state index is 5.72. The number of piperazine rings is 1. The summed E-state index contributed by atoms with van der Waals surface area (Å²) in [6.45, 7) is 7.31. The third-order valence-electron chi connectivity index (χ3n) is 4.99. The van der Waals surface area contributed by atoms with Crippen LogP contribution in [0.3, 0.4) is 0 Å². The van der Waals surface area contributed by atoms with Crippen molar-refractivity contribution < 1.29 is 9.47 Å². The number of rotatable bonds is 7. The van der Waals surface area contributed by atoms with Crippen molar-refractivity contribution in [2.45, 2.75) is 25.4 Å². The predicted molar refractivity (Wildman–Crippen MR) is 121 cm³/mol. The highest BCUT2D eigenvalue weighted by molar-refractivity contribution is 14.0. The lowest BCUT2D eigenvalue weighted by atomic mass is 10.2. The molecule has 6 nitrogen and oxygen atoms in total. The van der Waals surface area contributed by atoms with Gasteiger partial charge in [0, 0.05) is 58.7 Å². The van der Waals surface area contributed by atoms with E-state index in [1.54, 1.807) is 0 Å². The van der Waals surface area contributed by atoms with Gasteiger partial charge < -0.3 is 24.6 Å². The normalized spacial score (nSPS) is 20.5. The minimum absolute atomic E-state index is 0. The van der Waals surface area contributed by atoms with Gasteiger partial charge in [0.15, 0.2) is 5.96 Å². The second-order valence-corrected chi connectivity index (χ2v) is 6.85. The number of hydrogen-bond acceptors (Lipinski definition) is 4. The highest BCUT2D eigenvalue weighted by atomic mass is 127. The van der Waals surface area contributed by atoms with Crippen LogP contribution in [-0.2, 0) is 9.47 Å². The SMILES string of the molecule is CN=C(NCCCOCC1CCCO1)N1CCN(c2ccccc2)CC1.I. The van der Waals surface area contributed by atoms with E-state index in [2.05, 4.69) is 50.4 Å². The third-order valence-corrected chi connectivity index (χ3v) is 4.99. The van der Waals surface area contributed by atoms with E-state index in [4.69, 9.17) is 9.47 Å². The number of hydrogen-bond donors (Lipinski definition) is 1. The van der Waals surface area contributed by atoms with Crippen LogP contribution in [0, 0.1) is 0 Å². The summed E-state index contributed by atoms with van der Waals surface area (Å²) in [4.78, 5) is 9.22. The second-order valence-electron chi connectivity index (χ2n) is 6.85. The lowest BCUT2D eigenvalue weighted by molar-refractivity contribution is 0.0168. The van der Waals surface area contributed by atoms with Crippen molar-refractivity contribution in [1.29, 1.82) is 0 Å². The van der Waals surface area contributed by atoms with Crippen molar-refractivity contribution in [1.82, 2.24) is 10.2 Å². The van der Waals surface area contributed by atoms with E-state index in [9.17, 15) is 0 Å². The second kappa shape index (κ2) is 12.4. The first-order valence-corrected chi connectivity index (χ1v) is 9.82. The molecule has 0 saturated carbocycles. The molecule has 1 N–H and O–H groups in total. The summed E-state index contributed by atoms with van der Waals surface area (Å²) in [5, 5.41) is 3.47. The highest BCUT2D eigenvalue weighted by Gasteiger charge is 2.19. The summed E-state index contributed by atoms with van der Waals surface area (Å²) in [7, 11) is 1.86. The zero-order valence-electron chi connectivity index (χ0n) is 16.3. The van der Waals surface area contributed by atoms with Gasteiger partial charge in [0.1, 0.15) is 0 Å². The molecule has 0 radical (unpaired) electrons. The minimum atomic E-state index is 0. The van der Waals surface area contributed by atoms with E-state index >= 15 is 0 Å². The molecular weight excluding hydrogens is 455 g/mol. The first kappa shape index (κ1) is 22.2. The maximum Gasteiger partial charge on any atom is 0.193 e. The van der Waals surface area contributed by atoms with Crippen molar-refractivity contribution >= 4 is 35.6 Å². The lowest BCUT2D eigenvalue weighted by Crippen LogP contribution is -2.52. The summed E-state index contributed by atoms with van der Waals surface area (Å²) in [5.41, 5.74) is 1.30. The Morgan fingerprint density at radius 1 is 1.22 bits per heavy atom. The molecule has 0 spiro atoms. The molecule has 1 unspecified atom stereocenters. The number of anilines is 1. The van der Waals surface area contributed by atoms with E-state index in [-0.39, 0.29) is 24.0 Å². The molecule has 1 atom stereocenters. The molecule has 0 bridgehead atoms. The summed E-state index contributed by atoms with van der Waals surface area (Å²) >= 11 is 0. The summed E-state index contributed by atoms with van der Waals surface area (Å²) in [5.74, 6) is 0.997. The van der Waals surface area contributed by atoms with E-state index in [1.807, 2.05) is 7.05 Å². The van der Waals surface area contributed by atoms with Crippen molar-refractivity contribution in [2.75, 3.05) is 64.5 Å². The monoisotopic (exact) mass is 488 g/mol. The van der Waals surface area contributed by atoms with Crippen LogP contribution in [0.25, 0.3) is 0 Å². The predicted octanol–water partition coefficient (Wildman–Crippen LogP) is 2.59. The number of nitrogens with zero attached hydrogens (tertiary/aromatic N) is 3. The summed E-state index contributed by atoms with van der Waals surface area (Å²) in [6, 6.07) is 10.6. The van der Waals surface area contributed by atoms with Gasteiger partial charge in [-0.15, -0.1) is 24.0 Å². The van der Waals surface area contributed by atoms with E-state index < -0.39 is 0 Å². The largest absolute Gasteiger partial charge is 0.379 e. The Balaban J connectivity index is 0.00000261. The molecule has 0 amide bonds. The smallest absolute Gasteiger partial charge is 0.193 e. The van der Waals surface area contributed by atoms with Gasteiger partial charge in [-0.1, -0.05) is 18.2 Å². The quantitative estimate of drug-likeness (QED) is 0.277. The van der Waals surface area contributed by atoms with Crippen LogP contribution in [0.4, 0.5) is 5.69 Å².